The summed E-state index contributed by atoms with van der Waals surface area (Å²) in [4.78, 5) is 14.0. The summed E-state index contributed by atoms with van der Waals surface area (Å²) in [6, 6.07) is 15.6. The molecule has 3 aromatic rings. The molecule has 0 radical (unpaired) electrons. The zero-order valence-electron chi connectivity index (χ0n) is 13.9. The number of halogens is 1. The first kappa shape index (κ1) is 18.8. The zero-order valence-corrected chi connectivity index (χ0v) is 16.3. The molecule has 0 aliphatic heterocycles. The van der Waals surface area contributed by atoms with Gasteiger partial charge >= 0.3 is 0 Å². The molecule has 1 heterocycles. The number of sulfonamides is 1. The lowest BCUT2D eigenvalue weighted by molar-refractivity contribution is 0.0992. The Hall–Kier alpha value is -1.99. The number of carbonyl (C=O) groups excluding carboxylic acids is 1. The molecule has 2 N–H and O–H groups in total. The average molecular weight is 406 g/mol. The highest BCUT2D eigenvalue weighted by molar-refractivity contribution is 7.89. The van der Waals surface area contributed by atoms with Crippen LogP contribution in [0.5, 0.6) is 0 Å². The average Bonchev–Trinajstić information content (AvgIpc) is 3.06. The molecule has 3 rings (SSSR count). The van der Waals surface area contributed by atoms with Gasteiger partial charge in [-0.2, -0.15) is 0 Å². The number of nitrogens with two attached hydrogens (primary N) is 1. The summed E-state index contributed by atoms with van der Waals surface area (Å²) in [5.74, 6) is 0.0423. The predicted octanol–water partition coefficient (Wildman–Crippen LogP) is 4.98. The molecule has 0 amide bonds. The topological polar surface area (TPSA) is 77.2 Å². The fourth-order valence-electron chi connectivity index (χ4n) is 2.55. The minimum atomic E-state index is -3.75. The van der Waals surface area contributed by atoms with E-state index in [1.54, 1.807) is 24.3 Å². The lowest BCUT2D eigenvalue weighted by atomic mass is 10.0. The molecule has 0 fully saturated rings. The van der Waals surface area contributed by atoms with Gasteiger partial charge in [-0.3, -0.25) is 4.79 Å². The van der Waals surface area contributed by atoms with Gasteiger partial charge in [0.2, 0.25) is 10.0 Å². The molecular weight excluding hydrogens is 390 g/mol. The van der Waals surface area contributed by atoms with Gasteiger partial charge in [0.1, 0.15) is 0 Å². The number of ketones is 1. The molecule has 0 unspecified atom stereocenters. The third-order valence-electron chi connectivity index (χ3n) is 3.93. The highest BCUT2D eigenvalue weighted by Gasteiger charge is 2.18. The normalized spacial score (nSPS) is 11.5. The van der Waals surface area contributed by atoms with Crippen molar-refractivity contribution in [3.05, 3.63) is 64.5 Å². The fraction of sp³-hybridized carbons (Fsp3) is 0.105. The van der Waals surface area contributed by atoms with Crippen molar-refractivity contribution in [3.63, 3.8) is 0 Å². The highest BCUT2D eigenvalue weighted by Crippen LogP contribution is 2.38. The standard InChI is InChI=1S/C19H16ClNO3S2/c1-2-17(22)19-16(12-5-9-15(10-6-12)26(21,23)24)11-18(25-19)13-3-7-14(20)8-4-13/h3-11H,2H2,1H3,(H2,21,23,24). The second-order valence-corrected chi connectivity index (χ2v) is 8.76. The van der Waals surface area contributed by atoms with Crippen LogP contribution in [0.2, 0.25) is 5.02 Å². The van der Waals surface area contributed by atoms with Gasteiger partial charge in [-0.05, 0) is 41.5 Å². The predicted molar refractivity (Wildman–Crippen MR) is 106 cm³/mol. The van der Waals surface area contributed by atoms with Crippen molar-refractivity contribution in [3.8, 4) is 21.6 Å². The molecule has 134 valence electrons. The summed E-state index contributed by atoms with van der Waals surface area (Å²) in [7, 11) is -3.75. The van der Waals surface area contributed by atoms with E-state index in [4.69, 9.17) is 16.7 Å². The highest BCUT2D eigenvalue weighted by atomic mass is 35.5. The maximum absolute atomic E-state index is 12.4. The minimum absolute atomic E-state index is 0.0396. The van der Waals surface area contributed by atoms with Crippen molar-refractivity contribution >= 4 is 38.7 Å². The van der Waals surface area contributed by atoms with Crippen LogP contribution in [0.15, 0.2) is 59.5 Å². The molecular formula is C19H16ClNO3S2. The van der Waals surface area contributed by atoms with Gasteiger partial charge in [0.05, 0.1) is 9.77 Å². The molecule has 2 aromatic carbocycles. The van der Waals surface area contributed by atoms with E-state index in [1.807, 2.05) is 25.1 Å². The van der Waals surface area contributed by atoms with Crippen LogP contribution in [0.1, 0.15) is 23.0 Å². The summed E-state index contributed by atoms with van der Waals surface area (Å²) in [6.45, 7) is 1.82. The van der Waals surface area contributed by atoms with Crippen LogP contribution in [0.4, 0.5) is 0 Å². The lowest BCUT2D eigenvalue weighted by Crippen LogP contribution is -2.11. The van der Waals surface area contributed by atoms with Gasteiger partial charge in [0, 0.05) is 21.9 Å². The van der Waals surface area contributed by atoms with Crippen LogP contribution >= 0.6 is 22.9 Å². The van der Waals surface area contributed by atoms with Crippen molar-refractivity contribution in [2.45, 2.75) is 18.2 Å². The first-order valence-corrected chi connectivity index (χ1v) is 10.6. The van der Waals surface area contributed by atoms with Crippen molar-refractivity contribution in [1.82, 2.24) is 0 Å². The molecule has 0 saturated carbocycles. The Labute approximate surface area is 161 Å². The van der Waals surface area contributed by atoms with Crippen LogP contribution in [0, 0.1) is 0 Å². The van der Waals surface area contributed by atoms with Gasteiger partial charge in [-0.25, -0.2) is 13.6 Å². The second kappa shape index (κ2) is 7.32. The first-order chi connectivity index (χ1) is 12.3. The number of Topliss-reactive ketones (excluding diaryl/α,β-unsaturated/α-hetero) is 1. The van der Waals surface area contributed by atoms with Crippen LogP contribution in [0.25, 0.3) is 21.6 Å². The Morgan fingerprint density at radius 1 is 1.04 bits per heavy atom. The van der Waals surface area contributed by atoms with Gasteiger partial charge < -0.3 is 0 Å². The van der Waals surface area contributed by atoms with Gasteiger partial charge in [0.15, 0.2) is 5.78 Å². The quantitative estimate of drug-likeness (QED) is 0.608. The SMILES string of the molecule is CCC(=O)c1sc(-c2ccc(Cl)cc2)cc1-c1ccc(S(N)(=O)=O)cc1. The number of primary sulfonamides is 1. The van der Waals surface area contributed by atoms with Crippen molar-refractivity contribution in [2.24, 2.45) is 5.14 Å². The lowest BCUT2D eigenvalue weighted by Gasteiger charge is -2.04. The van der Waals surface area contributed by atoms with E-state index >= 15 is 0 Å². The number of rotatable bonds is 5. The summed E-state index contributed by atoms with van der Waals surface area (Å²) >= 11 is 7.37. The minimum Gasteiger partial charge on any atom is -0.293 e. The van der Waals surface area contributed by atoms with Gasteiger partial charge in [0.25, 0.3) is 0 Å². The molecule has 26 heavy (non-hydrogen) atoms. The first-order valence-electron chi connectivity index (χ1n) is 7.86. The summed E-state index contributed by atoms with van der Waals surface area (Å²) in [5.41, 5.74) is 2.52. The second-order valence-electron chi connectivity index (χ2n) is 5.71. The Morgan fingerprint density at radius 3 is 2.15 bits per heavy atom. The van der Waals surface area contributed by atoms with Gasteiger partial charge in [-0.15, -0.1) is 11.3 Å². The Kier molecular flexibility index (Phi) is 5.29. The van der Waals surface area contributed by atoms with Crippen LogP contribution in [0.3, 0.4) is 0 Å². The summed E-state index contributed by atoms with van der Waals surface area (Å²) in [6.07, 6.45) is 0.392. The number of hydrogen-bond acceptors (Lipinski definition) is 4. The smallest absolute Gasteiger partial charge is 0.238 e. The third-order valence-corrected chi connectivity index (χ3v) is 6.34. The van der Waals surface area contributed by atoms with E-state index in [-0.39, 0.29) is 10.7 Å². The Balaban J connectivity index is 2.10. The van der Waals surface area contributed by atoms with Gasteiger partial charge in [-0.1, -0.05) is 42.8 Å². The molecule has 0 spiro atoms. The monoisotopic (exact) mass is 405 g/mol. The van der Waals surface area contributed by atoms with Crippen LogP contribution in [-0.2, 0) is 10.0 Å². The van der Waals surface area contributed by atoms with E-state index in [1.165, 1.54) is 23.5 Å². The van der Waals surface area contributed by atoms with E-state index in [2.05, 4.69) is 0 Å². The van der Waals surface area contributed by atoms with E-state index < -0.39 is 10.0 Å². The number of hydrogen-bond donors (Lipinski definition) is 1. The molecule has 0 saturated heterocycles. The molecule has 0 aliphatic rings. The van der Waals surface area contributed by atoms with Crippen molar-refractivity contribution in [1.29, 1.82) is 0 Å². The van der Waals surface area contributed by atoms with E-state index in [9.17, 15) is 13.2 Å². The van der Waals surface area contributed by atoms with E-state index in [0.717, 1.165) is 21.6 Å². The number of benzene rings is 2. The molecule has 1 aromatic heterocycles. The summed E-state index contributed by atoms with van der Waals surface area (Å²) < 4.78 is 22.9. The van der Waals surface area contributed by atoms with Crippen molar-refractivity contribution < 1.29 is 13.2 Å². The molecule has 0 atom stereocenters. The summed E-state index contributed by atoms with van der Waals surface area (Å²) in [5, 5.41) is 5.79. The maximum atomic E-state index is 12.4. The van der Waals surface area contributed by atoms with Crippen LogP contribution in [-0.4, -0.2) is 14.2 Å². The maximum Gasteiger partial charge on any atom is 0.238 e. The third kappa shape index (κ3) is 3.88. The van der Waals surface area contributed by atoms with Crippen LogP contribution < -0.4 is 5.14 Å². The molecule has 4 nitrogen and oxygen atoms in total. The van der Waals surface area contributed by atoms with E-state index in [0.29, 0.717) is 16.3 Å². The number of thiophene rings is 1. The van der Waals surface area contributed by atoms with Crippen molar-refractivity contribution in [2.75, 3.05) is 0 Å². The Bertz CT molecular complexity index is 1050. The largest absolute Gasteiger partial charge is 0.293 e. The fourth-order valence-corrected chi connectivity index (χ4v) is 4.39. The molecule has 0 bridgehead atoms. The number of carbonyl (C=O) groups is 1. The zero-order chi connectivity index (χ0) is 18.9. The molecule has 7 heteroatoms. The Morgan fingerprint density at radius 2 is 1.62 bits per heavy atom. The molecule has 0 aliphatic carbocycles.